The molecule has 0 bridgehead atoms. The fourth-order valence-corrected chi connectivity index (χ4v) is 1.85. The molecule has 0 saturated carbocycles. The first-order valence-electron chi connectivity index (χ1n) is 4.35. The van der Waals surface area contributed by atoms with Crippen LogP contribution in [-0.4, -0.2) is 17.3 Å². The van der Waals surface area contributed by atoms with Crippen LogP contribution in [0.1, 0.15) is 0 Å². The number of nitrogen functional groups attached to an aromatic ring is 1. The van der Waals surface area contributed by atoms with Crippen molar-refractivity contribution in [1.29, 1.82) is 0 Å². The van der Waals surface area contributed by atoms with E-state index < -0.39 is 0 Å². The Balaban J connectivity index is 2.42. The van der Waals surface area contributed by atoms with E-state index in [4.69, 9.17) is 10.5 Å². The largest absolute Gasteiger partial charge is 0.496 e. The number of benzene rings is 1. The lowest BCUT2D eigenvalue weighted by Crippen LogP contribution is -1.85. The Morgan fingerprint density at radius 2 is 2.20 bits per heavy atom. The summed E-state index contributed by atoms with van der Waals surface area (Å²) in [5.41, 5.74) is 7.35. The van der Waals surface area contributed by atoms with Crippen LogP contribution >= 0.6 is 15.9 Å². The van der Waals surface area contributed by atoms with Crippen LogP contribution in [0.5, 0.6) is 5.75 Å². The summed E-state index contributed by atoms with van der Waals surface area (Å²) < 4.78 is 6.03. The zero-order valence-corrected chi connectivity index (χ0v) is 9.71. The minimum atomic E-state index is 0.553. The van der Waals surface area contributed by atoms with Gasteiger partial charge in [-0.2, -0.15) is 5.10 Å². The number of nitrogens with two attached hydrogens (primary N) is 1. The van der Waals surface area contributed by atoms with Gasteiger partial charge in [0.1, 0.15) is 11.6 Å². The second kappa shape index (κ2) is 3.94. The highest BCUT2D eigenvalue weighted by Crippen LogP contribution is 2.29. The van der Waals surface area contributed by atoms with Crippen molar-refractivity contribution in [2.24, 2.45) is 0 Å². The summed E-state index contributed by atoms with van der Waals surface area (Å²) in [7, 11) is 1.63. The molecule has 5 heteroatoms. The molecule has 1 heterocycles. The lowest BCUT2D eigenvalue weighted by Gasteiger charge is -2.03. The van der Waals surface area contributed by atoms with Gasteiger partial charge in [0.25, 0.3) is 0 Å². The van der Waals surface area contributed by atoms with E-state index in [1.165, 1.54) is 0 Å². The number of H-pyrrole nitrogens is 1. The van der Waals surface area contributed by atoms with E-state index in [9.17, 15) is 0 Å². The van der Waals surface area contributed by atoms with Crippen LogP contribution in [0.4, 0.5) is 5.82 Å². The van der Waals surface area contributed by atoms with Crippen molar-refractivity contribution in [3.05, 3.63) is 28.7 Å². The van der Waals surface area contributed by atoms with Crippen LogP contribution in [0, 0.1) is 0 Å². The van der Waals surface area contributed by atoms with E-state index in [1.54, 1.807) is 13.2 Å². The number of ether oxygens (including phenoxy) is 1. The summed E-state index contributed by atoms with van der Waals surface area (Å²) in [4.78, 5) is 0. The van der Waals surface area contributed by atoms with E-state index >= 15 is 0 Å². The number of aromatic nitrogens is 2. The number of methoxy groups -OCH3 is 1. The number of nitrogens with zero attached hydrogens (tertiary/aromatic N) is 1. The summed E-state index contributed by atoms with van der Waals surface area (Å²) in [6.45, 7) is 0. The SMILES string of the molecule is COc1ccc(-c2cc(N)[nH]n2)cc1Br. The van der Waals surface area contributed by atoms with Crippen molar-refractivity contribution in [3.8, 4) is 17.0 Å². The maximum atomic E-state index is 5.56. The predicted molar refractivity (Wildman–Crippen MR) is 62.7 cm³/mol. The number of nitrogens with one attached hydrogen (secondary N) is 1. The Morgan fingerprint density at radius 3 is 2.73 bits per heavy atom. The molecule has 0 saturated heterocycles. The smallest absolute Gasteiger partial charge is 0.133 e. The standard InChI is InChI=1S/C10H10BrN3O/c1-15-9-3-2-6(4-7(9)11)8-5-10(12)14-13-8/h2-5H,1H3,(H3,12,13,14). The first-order valence-corrected chi connectivity index (χ1v) is 5.15. The van der Waals surface area contributed by atoms with Gasteiger partial charge in [0.05, 0.1) is 17.3 Å². The highest BCUT2D eigenvalue weighted by molar-refractivity contribution is 9.10. The molecular formula is C10H10BrN3O. The Bertz CT molecular complexity index is 481. The van der Waals surface area contributed by atoms with Crippen molar-refractivity contribution < 1.29 is 4.74 Å². The maximum absolute atomic E-state index is 5.56. The van der Waals surface area contributed by atoms with E-state index in [-0.39, 0.29) is 0 Å². The Labute approximate surface area is 95.6 Å². The van der Waals surface area contributed by atoms with Crippen LogP contribution in [0.25, 0.3) is 11.3 Å². The van der Waals surface area contributed by atoms with E-state index in [1.807, 2.05) is 18.2 Å². The van der Waals surface area contributed by atoms with Gasteiger partial charge in [-0.15, -0.1) is 0 Å². The molecule has 15 heavy (non-hydrogen) atoms. The van der Waals surface area contributed by atoms with E-state index in [0.717, 1.165) is 21.5 Å². The van der Waals surface area contributed by atoms with Crippen LogP contribution < -0.4 is 10.5 Å². The number of hydrogen-bond donors (Lipinski definition) is 2. The van der Waals surface area contributed by atoms with Crippen molar-refractivity contribution in [2.45, 2.75) is 0 Å². The normalized spacial score (nSPS) is 10.3. The van der Waals surface area contributed by atoms with Gasteiger partial charge in [-0.25, -0.2) is 0 Å². The number of halogens is 1. The van der Waals surface area contributed by atoms with Gasteiger partial charge in [-0.05, 0) is 34.1 Å². The third kappa shape index (κ3) is 1.97. The summed E-state index contributed by atoms with van der Waals surface area (Å²) >= 11 is 3.42. The second-order valence-electron chi connectivity index (χ2n) is 3.06. The molecule has 1 aromatic heterocycles. The first kappa shape index (κ1) is 10.0. The quantitative estimate of drug-likeness (QED) is 0.879. The Morgan fingerprint density at radius 1 is 1.40 bits per heavy atom. The maximum Gasteiger partial charge on any atom is 0.133 e. The molecule has 1 aromatic carbocycles. The lowest BCUT2D eigenvalue weighted by atomic mass is 10.1. The third-order valence-electron chi connectivity index (χ3n) is 2.05. The second-order valence-corrected chi connectivity index (χ2v) is 3.91. The van der Waals surface area contributed by atoms with Crippen molar-refractivity contribution in [3.63, 3.8) is 0 Å². The summed E-state index contributed by atoms with van der Waals surface area (Å²) in [6, 6.07) is 7.53. The zero-order chi connectivity index (χ0) is 10.8. The lowest BCUT2D eigenvalue weighted by molar-refractivity contribution is 0.412. The molecule has 3 N–H and O–H groups in total. The highest BCUT2D eigenvalue weighted by atomic mass is 79.9. The van der Waals surface area contributed by atoms with Crippen molar-refractivity contribution in [2.75, 3.05) is 12.8 Å². The third-order valence-corrected chi connectivity index (χ3v) is 2.66. The topological polar surface area (TPSA) is 63.9 Å². The molecule has 2 aromatic rings. The molecule has 2 rings (SSSR count). The molecule has 0 amide bonds. The summed E-state index contributed by atoms with van der Waals surface area (Å²) in [6.07, 6.45) is 0. The van der Waals surface area contributed by atoms with Crippen LogP contribution in [0.15, 0.2) is 28.7 Å². The van der Waals surface area contributed by atoms with Crippen LogP contribution in [0.2, 0.25) is 0 Å². The van der Waals surface area contributed by atoms with Crippen LogP contribution in [0.3, 0.4) is 0 Å². The molecule has 0 spiro atoms. The molecule has 78 valence electrons. The Hall–Kier alpha value is -1.49. The van der Waals surface area contributed by atoms with Gasteiger partial charge < -0.3 is 10.5 Å². The fourth-order valence-electron chi connectivity index (χ4n) is 1.31. The molecule has 0 radical (unpaired) electrons. The predicted octanol–water partition coefficient (Wildman–Crippen LogP) is 2.43. The molecule has 4 nitrogen and oxygen atoms in total. The van der Waals surface area contributed by atoms with Crippen LogP contribution in [-0.2, 0) is 0 Å². The first-order chi connectivity index (χ1) is 7.20. The average molecular weight is 268 g/mol. The van der Waals surface area contributed by atoms with Crippen molar-refractivity contribution >= 4 is 21.7 Å². The van der Waals surface area contributed by atoms with Gasteiger partial charge >= 0.3 is 0 Å². The number of aromatic amines is 1. The van der Waals surface area contributed by atoms with Gasteiger partial charge in [-0.1, -0.05) is 0 Å². The van der Waals surface area contributed by atoms with Gasteiger partial charge in [-0.3, -0.25) is 5.10 Å². The monoisotopic (exact) mass is 267 g/mol. The van der Waals surface area contributed by atoms with Gasteiger partial charge in [0.2, 0.25) is 0 Å². The summed E-state index contributed by atoms with van der Waals surface area (Å²) in [5, 5.41) is 6.77. The molecule has 0 aliphatic heterocycles. The van der Waals surface area contributed by atoms with Gasteiger partial charge in [0, 0.05) is 11.6 Å². The molecule has 0 atom stereocenters. The molecule has 0 aliphatic rings. The van der Waals surface area contributed by atoms with Gasteiger partial charge in [0.15, 0.2) is 0 Å². The van der Waals surface area contributed by atoms with E-state index in [0.29, 0.717) is 5.82 Å². The highest BCUT2D eigenvalue weighted by Gasteiger charge is 2.05. The molecule has 0 aliphatic carbocycles. The number of rotatable bonds is 2. The van der Waals surface area contributed by atoms with E-state index in [2.05, 4.69) is 26.1 Å². The Kier molecular flexibility index (Phi) is 2.64. The average Bonchev–Trinajstić information content (AvgIpc) is 2.65. The van der Waals surface area contributed by atoms with Crippen molar-refractivity contribution in [1.82, 2.24) is 10.2 Å². The number of anilines is 1. The molecule has 0 fully saturated rings. The minimum Gasteiger partial charge on any atom is -0.496 e. The zero-order valence-electron chi connectivity index (χ0n) is 8.12. The number of hydrogen-bond acceptors (Lipinski definition) is 3. The molecular weight excluding hydrogens is 258 g/mol. The minimum absolute atomic E-state index is 0.553. The fraction of sp³-hybridized carbons (Fsp3) is 0.100. The summed E-state index contributed by atoms with van der Waals surface area (Å²) in [5.74, 6) is 1.35. The molecule has 0 unspecified atom stereocenters.